The SMILES string of the molecule is COc1ccc(OC)c(C2CCCN2C(=O)NCCc2coc(-c3ccc(C)cc3)n2)c1. The molecule has 4 rings (SSSR count). The van der Waals surface area contributed by atoms with Gasteiger partial charge >= 0.3 is 6.03 Å². The average Bonchev–Trinajstić information content (AvgIpc) is 3.49. The molecule has 7 nitrogen and oxygen atoms in total. The Balaban J connectivity index is 1.37. The van der Waals surface area contributed by atoms with Gasteiger partial charge in [-0.15, -0.1) is 0 Å². The van der Waals surface area contributed by atoms with Gasteiger partial charge in [-0.3, -0.25) is 0 Å². The molecule has 0 bridgehead atoms. The van der Waals surface area contributed by atoms with E-state index in [1.54, 1.807) is 20.5 Å². The standard InChI is InChI=1S/C25H29N3O4/c1-17-6-8-18(9-7-17)24-27-19(16-32-24)12-13-26-25(29)28-14-4-5-22(28)21-15-20(30-2)10-11-23(21)31-3/h6-11,15-16,22H,4-5,12-14H2,1-3H3,(H,26,29). The average molecular weight is 436 g/mol. The van der Waals surface area contributed by atoms with E-state index in [2.05, 4.69) is 10.3 Å². The lowest BCUT2D eigenvalue weighted by atomic mass is 10.0. The molecule has 1 aliphatic rings. The molecule has 1 N–H and O–H groups in total. The Hall–Kier alpha value is -3.48. The minimum Gasteiger partial charge on any atom is -0.497 e. The highest BCUT2D eigenvalue weighted by Crippen LogP contribution is 2.38. The maximum Gasteiger partial charge on any atom is 0.317 e. The van der Waals surface area contributed by atoms with Crippen LogP contribution in [0.3, 0.4) is 0 Å². The van der Waals surface area contributed by atoms with Crippen molar-refractivity contribution in [3.63, 3.8) is 0 Å². The van der Waals surface area contributed by atoms with Crippen LogP contribution in [0.5, 0.6) is 11.5 Å². The van der Waals surface area contributed by atoms with Crippen LogP contribution in [-0.2, 0) is 6.42 Å². The number of benzene rings is 2. The summed E-state index contributed by atoms with van der Waals surface area (Å²) in [4.78, 5) is 19.4. The number of amides is 2. The molecule has 1 aliphatic heterocycles. The predicted molar refractivity (Wildman–Crippen MR) is 122 cm³/mol. The Morgan fingerprint density at radius 3 is 2.75 bits per heavy atom. The lowest BCUT2D eigenvalue weighted by Crippen LogP contribution is -2.40. The molecule has 32 heavy (non-hydrogen) atoms. The monoisotopic (exact) mass is 435 g/mol. The smallest absolute Gasteiger partial charge is 0.317 e. The molecule has 3 aromatic rings. The molecule has 0 saturated carbocycles. The van der Waals surface area contributed by atoms with E-state index < -0.39 is 0 Å². The molecule has 1 fully saturated rings. The van der Waals surface area contributed by atoms with E-state index >= 15 is 0 Å². The number of hydrogen-bond donors (Lipinski definition) is 1. The second kappa shape index (κ2) is 9.77. The minimum absolute atomic E-state index is 0.0414. The van der Waals surface area contributed by atoms with E-state index in [0.29, 0.717) is 25.4 Å². The van der Waals surface area contributed by atoms with Crippen molar-refractivity contribution in [2.24, 2.45) is 0 Å². The van der Waals surface area contributed by atoms with E-state index in [1.165, 1.54) is 5.56 Å². The molecule has 2 heterocycles. The van der Waals surface area contributed by atoms with Gasteiger partial charge in [0.1, 0.15) is 17.8 Å². The zero-order valence-electron chi connectivity index (χ0n) is 18.8. The third-order valence-corrected chi connectivity index (χ3v) is 5.82. The van der Waals surface area contributed by atoms with Crippen molar-refractivity contribution in [2.45, 2.75) is 32.2 Å². The van der Waals surface area contributed by atoms with Crippen LogP contribution < -0.4 is 14.8 Å². The van der Waals surface area contributed by atoms with Gasteiger partial charge in [0.2, 0.25) is 5.89 Å². The fourth-order valence-corrected chi connectivity index (χ4v) is 4.08. The molecule has 168 valence electrons. The first-order valence-electron chi connectivity index (χ1n) is 10.9. The van der Waals surface area contributed by atoms with Gasteiger partial charge in [0, 0.05) is 30.6 Å². The number of carbonyl (C=O) groups excluding carboxylic acids is 1. The van der Waals surface area contributed by atoms with Crippen LogP contribution in [0.25, 0.3) is 11.5 Å². The number of ether oxygens (including phenoxy) is 2. The maximum absolute atomic E-state index is 12.9. The topological polar surface area (TPSA) is 76.8 Å². The summed E-state index contributed by atoms with van der Waals surface area (Å²) in [7, 11) is 3.28. The number of methoxy groups -OCH3 is 2. The fraction of sp³-hybridized carbons (Fsp3) is 0.360. The third-order valence-electron chi connectivity index (χ3n) is 5.82. The second-order valence-electron chi connectivity index (χ2n) is 7.95. The van der Waals surface area contributed by atoms with E-state index in [0.717, 1.165) is 41.2 Å². The molecule has 1 aromatic heterocycles. The highest BCUT2D eigenvalue weighted by molar-refractivity contribution is 5.75. The summed E-state index contributed by atoms with van der Waals surface area (Å²) in [5.74, 6) is 2.11. The van der Waals surface area contributed by atoms with Gasteiger partial charge in [-0.05, 0) is 50.1 Å². The van der Waals surface area contributed by atoms with E-state index in [4.69, 9.17) is 13.9 Å². The summed E-state index contributed by atoms with van der Waals surface area (Å²) in [6.45, 7) is 3.23. The van der Waals surface area contributed by atoms with Gasteiger partial charge in [-0.1, -0.05) is 17.7 Å². The molecule has 2 aromatic carbocycles. The summed E-state index contributed by atoms with van der Waals surface area (Å²) >= 11 is 0. The number of nitrogens with one attached hydrogen (secondary N) is 1. The van der Waals surface area contributed by atoms with Crippen LogP contribution in [0.1, 0.15) is 35.7 Å². The van der Waals surface area contributed by atoms with Crippen LogP contribution in [-0.4, -0.2) is 43.2 Å². The Labute approximate surface area is 188 Å². The first kappa shape index (κ1) is 21.7. The van der Waals surface area contributed by atoms with E-state index in [1.807, 2.05) is 54.3 Å². The zero-order chi connectivity index (χ0) is 22.5. The number of nitrogens with zero attached hydrogens (tertiary/aromatic N) is 2. The van der Waals surface area contributed by atoms with Gasteiger partial charge in [0.05, 0.1) is 26.0 Å². The Bertz CT molecular complexity index is 1060. The second-order valence-corrected chi connectivity index (χ2v) is 7.95. The van der Waals surface area contributed by atoms with Crippen molar-refractivity contribution in [2.75, 3.05) is 27.3 Å². The third kappa shape index (κ3) is 4.72. The van der Waals surface area contributed by atoms with Crippen molar-refractivity contribution in [3.8, 4) is 23.0 Å². The van der Waals surface area contributed by atoms with Crippen molar-refractivity contribution < 1.29 is 18.7 Å². The Morgan fingerprint density at radius 2 is 2.00 bits per heavy atom. The molecule has 0 spiro atoms. The van der Waals surface area contributed by atoms with Crippen LogP contribution >= 0.6 is 0 Å². The molecule has 2 amide bonds. The first-order chi connectivity index (χ1) is 15.6. The fourth-order valence-electron chi connectivity index (χ4n) is 4.08. The molecule has 7 heteroatoms. The normalized spacial score (nSPS) is 15.6. The molecule has 0 aliphatic carbocycles. The van der Waals surface area contributed by atoms with Crippen LogP contribution in [0.15, 0.2) is 53.1 Å². The number of aromatic nitrogens is 1. The molecular weight excluding hydrogens is 406 g/mol. The summed E-state index contributed by atoms with van der Waals surface area (Å²) in [5, 5.41) is 3.03. The quantitative estimate of drug-likeness (QED) is 0.579. The number of aryl methyl sites for hydroxylation is 1. The highest BCUT2D eigenvalue weighted by atomic mass is 16.5. The lowest BCUT2D eigenvalue weighted by molar-refractivity contribution is 0.192. The van der Waals surface area contributed by atoms with Crippen LogP contribution in [0.4, 0.5) is 4.79 Å². The van der Waals surface area contributed by atoms with E-state index in [9.17, 15) is 4.79 Å². The molecular formula is C25H29N3O4. The van der Waals surface area contributed by atoms with Gasteiger partial charge < -0.3 is 24.1 Å². The first-order valence-corrected chi connectivity index (χ1v) is 10.9. The molecule has 0 radical (unpaired) electrons. The highest BCUT2D eigenvalue weighted by Gasteiger charge is 2.32. The van der Waals surface area contributed by atoms with E-state index in [-0.39, 0.29) is 12.1 Å². The predicted octanol–water partition coefficient (Wildman–Crippen LogP) is 4.76. The van der Waals surface area contributed by atoms with Gasteiger partial charge in [-0.2, -0.15) is 0 Å². The number of likely N-dealkylation sites (tertiary alicyclic amines) is 1. The maximum atomic E-state index is 12.9. The van der Waals surface area contributed by atoms with Crippen LogP contribution in [0.2, 0.25) is 0 Å². The number of rotatable bonds is 7. The molecule has 1 saturated heterocycles. The van der Waals surface area contributed by atoms with Crippen molar-refractivity contribution in [1.82, 2.24) is 15.2 Å². The number of oxazole rings is 1. The van der Waals surface area contributed by atoms with Gasteiger partial charge in [0.25, 0.3) is 0 Å². The van der Waals surface area contributed by atoms with Crippen molar-refractivity contribution in [3.05, 3.63) is 65.5 Å². The minimum atomic E-state index is -0.0837. The van der Waals surface area contributed by atoms with Crippen molar-refractivity contribution in [1.29, 1.82) is 0 Å². The Kier molecular flexibility index (Phi) is 6.63. The van der Waals surface area contributed by atoms with Crippen molar-refractivity contribution >= 4 is 6.03 Å². The summed E-state index contributed by atoms with van der Waals surface area (Å²) in [5.41, 5.74) is 3.92. The molecule has 1 unspecified atom stereocenters. The molecule has 1 atom stereocenters. The number of urea groups is 1. The lowest BCUT2D eigenvalue weighted by Gasteiger charge is -2.26. The summed E-state index contributed by atoms with van der Waals surface area (Å²) in [6.07, 6.45) is 4.09. The van der Waals surface area contributed by atoms with Gasteiger partial charge in [0.15, 0.2) is 0 Å². The number of hydrogen-bond acceptors (Lipinski definition) is 5. The summed E-state index contributed by atoms with van der Waals surface area (Å²) < 4.78 is 16.5. The number of carbonyl (C=O) groups is 1. The zero-order valence-corrected chi connectivity index (χ0v) is 18.8. The van der Waals surface area contributed by atoms with Crippen LogP contribution in [0, 0.1) is 6.92 Å². The largest absolute Gasteiger partial charge is 0.497 e. The Morgan fingerprint density at radius 1 is 1.19 bits per heavy atom. The summed E-state index contributed by atoms with van der Waals surface area (Å²) in [6, 6.07) is 13.6. The van der Waals surface area contributed by atoms with Gasteiger partial charge in [-0.25, -0.2) is 9.78 Å².